The average molecular weight is 323 g/mol. The van der Waals surface area contributed by atoms with Crippen LogP contribution in [0.25, 0.3) is 0 Å². The van der Waals surface area contributed by atoms with Crippen molar-refractivity contribution in [2.24, 2.45) is 0 Å². The van der Waals surface area contributed by atoms with Crippen LogP contribution in [0.15, 0.2) is 54.6 Å². The highest BCUT2D eigenvalue weighted by atomic mass is 19.4. The molecule has 0 radical (unpaired) electrons. The van der Waals surface area contributed by atoms with Crippen molar-refractivity contribution < 1.29 is 22.7 Å². The quantitative estimate of drug-likeness (QED) is 0.826. The number of halogens is 3. The van der Waals surface area contributed by atoms with E-state index in [2.05, 4.69) is 0 Å². The van der Waals surface area contributed by atoms with Crippen molar-refractivity contribution in [1.29, 1.82) is 0 Å². The zero-order valence-corrected chi connectivity index (χ0v) is 12.5. The SMILES string of the molecule is CC(=O)N(CC(F)(F)F)c1ccc(OCc2ccccc2)cc1. The first-order valence-corrected chi connectivity index (χ1v) is 6.97. The lowest BCUT2D eigenvalue weighted by Crippen LogP contribution is -2.37. The molecule has 0 bridgehead atoms. The van der Waals surface area contributed by atoms with Crippen LogP contribution in [0.2, 0.25) is 0 Å². The molecule has 6 heteroatoms. The summed E-state index contributed by atoms with van der Waals surface area (Å²) >= 11 is 0. The summed E-state index contributed by atoms with van der Waals surface area (Å²) in [7, 11) is 0. The molecular formula is C17H16F3NO2. The van der Waals surface area contributed by atoms with E-state index in [1.165, 1.54) is 12.1 Å². The largest absolute Gasteiger partial charge is 0.489 e. The van der Waals surface area contributed by atoms with Gasteiger partial charge >= 0.3 is 6.18 Å². The zero-order valence-electron chi connectivity index (χ0n) is 12.5. The van der Waals surface area contributed by atoms with E-state index in [1.807, 2.05) is 30.3 Å². The van der Waals surface area contributed by atoms with Crippen molar-refractivity contribution in [3.8, 4) is 5.75 Å². The van der Waals surface area contributed by atoms with Gasteiger partial charge in [-0.1, -0.05) is 30.3 Å². The van der Waals surface area contributed by atoms with Crippen LogP contribution in [0.1, 0.15) is 12.5 Å². The Hall–Kier alpha value is -2.50. The van der Waals surface area contributed by atoms with E-state index < -0.39 is 18.6 Å². The third-order valence-corrected chi connectivity index (χ3v) is 3.11. The van der Waals surface area contributed by atoms with E-state index in [-0.39, 0.29) is 5.69 Å². The number of nitrogens with zero attached hydrogens (tertiary/aromatic N) is 1. The number of rotatable bonds is 5. The normalized spacial score (nSPS) is 11.1. The molecule has 0 aliphatic rings. The second kappa shape index (κ2) is 7.17. The summed E-state index contributed by atoms with van der Waals surface area (Å²) in [5, 5.41) is 0. The van der Waals surface area contributed by atoms with Crippen LogP contribution in [0, 0.1) is 0 Å². The van der Waals surface area contributed by atoms with Gasteiger partial charge in [0.05, 0.1) is 0 Å². The minimum absolute atomic E-state index is 0.182. The highest BCUT2D eigenvalue weighted by molar-refractivity contribution is 5.91. The number of hydrogen-bond acceptors (Lipinski definition) is 2. The van der Waals surface area contributed by atoms with Gasteiger partial charge in [0, 0.05) is 12.6 Å². The molecule has 0 saturated carbocycles. The minimum Gasteiger partial charge on any atom is -0.489 e. The fourth-order valence-corrected chi connectivity index (χ4v) is 2.03. The van der Waals surface area contributed by atoms with E-state index in [4.69, 9.17) is 4.74 Å². The van der Waals surface area contributed by atoms with E-state index in [0.717, 1.165) is 12.5 Å². The Morgan fingerprint density at radius 1 is 1.04 bits per heavy atom. The van der Waals surface area contributed by atoms with Gasteiger partial charge in [-0.2, -0.15) is 13.2 Å². The van der Waals surface area contributed by atoms with Crippen molar-refractivity contribution in [3.63, 3.8) is 0 Å². The van der Waals surface area contributed by atoms with Crippen molar-refractivity contribution in [1.82, 2.24) is 0 Å². The predicted octanol–water partition coefficient (Wildman–Crippen LogP) is 4.18. The lowest BCUT2D eigenvalue weighted by molar-refractivity contribution is -0.131. The molecule has 0 N–H and O–H groups in total. The minimum atomic E-state index is -4.45. The number of carbonyl (C=O) groups excluding carboxylic acids is 1. The topological polar surface area (TPSA) is 29.5 Å². The maximum atomic E-state index is 12.5. The molecule has 2 aromatic carbocycles. The summed E-state index contributed by atoms with van der Waals surface area (Å²) in [6, 6.07) is 15.5. The Balaban J connectivity index is 2.04. The van der Waals surface area contributed by atoms with Crippen LogP contribution in [0.5, 0.6) is 5.75 Å². The summed E-state index contributed by atoms with van der Waals surface area (Å²) < 4.78 is 43.1. The van der Waals surface area contributed by atoms with E-state index in [0.29, 0.717) is 17.3 Å². The third-order valence-electron chi connectivity index (χ3n) is 3.11. The van der Waals surface area contributed by atoms with Gasteiger partial charge < -0.3 is 9.64 Å². The standard InChI is InChI=1S/C17H16F3NO2/c1-13(22)21(12-17(18,19)20)15-7-9-16(10-8-15)23-11-14-5-3-2-4-6-14/h2-10H,11-12H2,1H3. The lowest BCUT2D eigenvalue weighted by atomic mass is 10.2. The second-order valence-electron chi connectivity index (χ2n) is 4.99. The molecule has 0 aliphatic heterocycles. The molecule has 0 spiro atoms. The van der Waals surface area contributed by atoms with Crippen molar-refractivity contribution in [3.05, 3.63) is 60.2 Å². The third kappa shape index (κ3) is 5.32. The molecule has 0 unspecified atom stereocenters. The van der Waals surface area contributed by atoms with Crippen LogP contribution in [0.4, 0.5) is 18.9 Å². The van der Waals surface area contributed by atoms with Crippen LogP contribution in [0.3, 0.4) is 0 Å². The molecule has 3 nitrogen and oxygen atoms in total. The molecule has 0 atom stereocenters. The first kappa shape index (κ1) is 16.9. The monoisotopic (exact) mass is 323 g/mol. The summed E-state index contributed by atoms with van der Waals surface area (Å²) in [5.41, 5.74) is 1.17. The maximum Gasteiger partial charge on any atom is 0.406 e. The Bertz CT molecular complexity index is 639. The molecule has 1 amide bonds. The summed E-state index contributed by atoms with van der Waals surface area (Å²) in [4.78, 5) is 12.1. The van der Waals surface area contributed by atoms with Crippen molar-refractivity contribution >= 4 is 11.6 Å². The fraction of sp³-hybridized carbons (Fsp3) is 0.235. The van der Waals surface area contributed by atoms with Crippen LogP contribution in [-0.2, 0) is 11.4 Å². The molecule has 0 aromatic heterocycles. The predicted molar refractivity (Wildman–Crippen MR) is 81.3 cm³/mol. The number of ether oxygens (including phenoxy) is 1. The number of hydrogen-bond donors (Lipinski definition) is 0. The Kier molecular flexibility index (Phi) is 5.26. The van der Waals surface area contributed by atoms with Gasteiger partial charge in [0.1, 0.15) is 18.9 Å². The molecule has 122 valence electrons. The zero-order chi connectivity index (χ0) is 16.9. The van der Waals surface area contributed by atoms with E-state index >= 15 is 0 Å². The van der Waals surface area contributed by atoms with Gasteiger partial charge in [-0.05, 0) is 29.8 Å². The molecule has 23 heavy (non-hydrogen) atoms. The average Bonchev–Trinajstić information content (AvgIpc) is 2.51. The summed E-state index contributed by atoms with van der Waals surface area (Å²) in [6.45, 7) is 0.150. The van der Waals surface area contributed by atoms with Crippen molar-refractivity contribution in [2.75, 3.05) is 11.4 Å². The first-order valence-electron chi connectivity index (χ1n) is 6.97. The van der Waals surface area contributed by atoms with Crippen molar-refractivity contribution in [2.45, 2.75) is 19.7 Å². The lowest BCUT2D eigenvalue weighted by Gasteiger charge is -2.22. The van der Waals surface area contributed by atoms with Gasteiger partial charge in [-0.15, -0.1) is 0 Å². The molecule has 0 fully saturated rings. The maximum absolute atomic E-state index is 12.5. The van der Waals surface area contributed by atoms with E-state index in [9.17, 15) is 18.0 Å². The van der Waals surface area contributed by atoms with Gasteiger partial charge in [0.25, 0.3) is 0 Å². The van der Waals surface area contributed by atoms with Crippen LogP contribution < -0.4 is 9.64 Å². The Labute approximate surface area is 132 Å². The smallest absolute Gasteiger partial charge is 0.406 e. The van der Waals surface area contributed by atoms with Gasteiger partial charge in [0.15, 0.2) is 0 Å². The van der Waals surface area contributed by atoms with Gasteiger partial charge in [-0.3, -0.25) is 4.79 Å². The van der Waals surface area contributed by atoms with Gasteiger partial charge in [-0.25, -0.2) is 0 Å². The molecule has 0 aliphatic carbocycles. The number of alkyl halides is 3. The fourth-order valence-electron chi connectivity index (χ4n) is 2.03. The molecule has 0 saturated heterocycles. The molecule has 2 aromatic rings. The van der Waals surface area contributed by atoms with Crippen LogP contribution in [-0.4, -0.2) is 18.6 Å². The van der Waals surface area contributed by atoms with Crippen LogP contribution >= 0.6 is 0 Å². The highest BCUT2D eigenvalue weighted by Crippen LogP contribution is 2.24. The number of benzene rings is 2. The van der Waals surface area contributed by atoms with E-state index in [1.54, 1.807) is 12.1 Å². The number of carbonyl (C=O) groups is 1. The Morgan fingerprint density at radius 2 is 1.65 bits per heavy atom. The number of anilines is 1. The second-order valence-corrected chi connectivity index (χ2v) is 4.99. The molecular weight excluding hydrogens is 307 g/mol. The summed E-state index contributed by atoms with van der Waals surface area (Å²) in [5.74, 6) is -0.145. The Morgan fingerprint density at radius 3 is 2.17 bits per heavy atom. The summed E-state index contributed by atoms with van der Waals surface area (Å²) in [6.07, 6.45) is -4.45. The highest BCUT2D eigenvalue weighted by Gasteiger charge is 2.32. The number of amides is 1. The molecule has 0 heterocycles. The van der Waals surface area contributed by atoms with Gasteiger partial charge in [0.2, 0.25) is 5.91 Å². The molecule has 2 rings (SSSR count). The first-order chi connectivity index (χ1) is 10.8.